The van der Waals surface area contributed by atoms with Crippen molar-refractivity contribution in [1.82, 2.24) is 19.6 Å². The fourth-order valence-electron chi connectivity index (χ4n) is 2.24. The van der Waals surface area contributed by atoms with Crippen molar-refractivity contribution in [3.8, 4) is 11.4 Å². The average molecular weight is 264 g/mol. The van der Waals surface area contributed by atoms with Gasteiger partial charge in [0, 0.05) is 5.39 Å². The number of para-hydroxylation sites is 1. The molecular weight excluding hydrogens is 255 g/mol. The van der Waals surface area contributed by atoms with E-state index in [4.69, 9.17) is 0 Å². The maximum absolute atomic E-state index is 13.8. The van der Waals surface area contributed by atoms with E-state index in [2.05, 4.69) is 15.1 Å². The van der Waals surface area contributed by atoms with E-state index in [0.717, 1.165) is 10.9 Å². The Kier molecular flexibility index (Phi) is 2.26. The molecule has 0 aliphatic carbocycles. The van der Waals surface area contributed by atoms with Crippen LogP contribution < -0.4 is 0 Å². The second-order valence-electron chi connectivity index (χ2n) is 4.45. The SMILES string of the molecule is Fc1ccccc1-c1nc2c3ccccc3ncn2n1. The largest absolute Gasteiger partial charge is 0.236 e. The van der Waals surface area contributed by atoms with Gasteiger partial charge >= 0.3 is 0 Å². The van der Waals surface area contributed by atoms with Gasteiger partial charge in [-0.05, 0) is 24.3 Å². The Morgan fingerprint density at radius 1 is 0.950 bits per heavy atom. The van der Waals surface area contributed by atoms with Crippen LogP contribution in [0, 0.1) is 5.82 Å². The number of nitrogens with zero attached hydrogens (tertiary/aromatic N) is 4. The van der Waals surface area contributed by atoms with Gasteiger partial charge in [-0.1, -0.05) is 24.3 Å². The van der Waals surface area contributed by atoms with Crippen LogP contribution in [0.3, 0.4) is 0 Å². The Morgan fingerprint density at radius 2 is 1.75 bits per heavy atom. The number of hydrogen-bond acceptors (Lipinski definition) is 3. The summed E-state index contributed by atoms with van der Waals surface area (Å²) in [5.74, 6) is 0.0296. The minimum Gasteiger partial charge on any atom is -0.236 e. The van der Waals surface area contributed by atoms with Gasteiger partial charge in [0.25, 0.3) is 0 Å². The Hall–Kier alpha value is -2.82. The van der Waals surface area contributed by atoms with Gasteiger partial charge < -0.3 is 0 Å². The molecule has 0 atom stereocenters. The van der Waals surface area contributed by atoms with Gasteiger partial charge in [-0.2, -0.15) is 0 Å². The molecule has 0 saturated heterocycles. The highest BCUT2D eigenvalue weighted by Gasteiger charge is 2.12. The molecule has 96 valence electrons. The quantitative estimate of drug-likeness (QED) is 0.530. The molecule has 2 aromatic carbocycles. The molecule has 0 amide bonds. The van der Waals surface area contributed by atoms with E-state index >= 15 is 0 Å². The molecule has 0 aliphatic heterocycles. The van der Waals surface area contributed by atoms with E-state index in [1.54, 1.807) is 29.0 Å². The summed E-state index contributed by atoms with van der Waals surface area (Å²) in [5, 5.41) is 5.19. The maximum atomic E-state index is 13.8. The lowest BCUT2D eigenvalue weighted by Gasteiger charge is -1.96. The van der Waals surface area contributed by atoms with Gasteiger partial charge in [0.15, 0.2) is 11.5 Å². The Labute approximate surface area is 113 Å². The number of aromatic nitrogens is 4. The van der Waals surface area contributed by atoms with Crippen LogP contribution in [0.5, 0.6) is 0 Å². The van der Waals surface area contributed by atoms with Crippen molar-refractivity contribution in [3.63, 3.8) is 0 Å². The molecular formula is C15H9FN4. The molecule has 0 aliphatic rings. The lowest BCUT2D eigenvalue weighted by molar-refractivity contribution is 0.630. The lowest BCUT2D eigenvalue weighted by Crippen LogP contribution is -1.91. The molecule has 2 heterocycles. The van der Waals surface area contributed by atoms with Crippen molar-refractivity contribution in [3.05, 3.63) is 60.7 Å². The second kappa shape index (κ2) is 4.09. The van der Waals surface area contributed by atoms with Crippen LogP contribution >= 0.6 is 0 Å². The molecule has 0 radical (unpaired) electrons. The van der Waals surface area contributed by atoms with Crippen molar-refractivity contribution in [2.24, 2.45) is 0 Å². The standard InChI is InChI=1S/C15H9FN4/c16-12-7-3-1-5-10(12)14-18-15-11-6-2-4-8-13(11)17-9-20(15)19-14/h1-9H. The van der Waals surface area contributed by atoms with E-state index in [9.17, 15) is 4.39 Å². The zero-order chi connectivity index (χ0) is 13.5. The van der Waals surface area contributed by atoms with Crippen LogP contribution in [0.15, 0.2) is 54.9 Å². The van der Waals surface area contributed by atoms with Gasteiger partial charge in [-0.15, -0.1) is 5.10 Å². The van der Waals surface area contributed by atoms with E-state index in [-0.39, 0.29) is 5.82 Å². The normalized spacial score (nSPS) is 11.2. The summed E-state index contributed by atoms with van der Waals surface area (Å²) in [6.07, 6.45) is 1.59. The van der Waals surface area contributed by atoms with E-state index < -0.39 is 0 Å². The summed E-state index contributed by atoms with van der Waals surface area (Å²) in [7, 11) is 0. The smallest absolute Gasteiger partial charge is 0.185 e. The molecule has 4 aromatic rings. The van der Waals surface area contributed by atoms with Crippen LogP contribution in [-0.4, -0.2) is 19.6 Å². The zero-order valence-electron chi connectivity index (χ0n) is 10.4. The number of halogens is 1. The first-order valence-electron chi connectivity index (χ1n) is 6.18. The van der Waals surface area contributed by atoms with Crippen LogP contribution in [0.1, 0.15) is 0 Å². The molecule has 4 rings (SSSR count). The summed E-state index contributed by atoms with van der Waals surface area (Å²) in [6, 6.07) is 14.1. The van der Waals surface area contributed by atoms with Gasteiger partial charge in [-0.25, -0.2) is 18.9 Å². The summed E-state index contributed by atoms with van der Waals surface area (Å²) in [5.41, 5.74) is 1.90. The third-order valence-electron chi connectivity index (χ3n) is 3.20. The van der Waals surface area contributed by atoms with E-state index in [1.807, 2.05) is 24.3 Å². The molecule has 4 nitrogen and oxygen atoms in total. The zero-order valence-corrected chi connectivity index (χ0v) is 10.4. The third kappa shape index (κ3) is 1.56. The van der Waals surface area contributed by atoms with Crippen molar-refractivity contribution >= 4 is 16.6 Å². The predicted molar refractivity (Wildman–Crippen MR) is 73.7 cm³/mol. The predicted octanol–water partition coefficient (Wildman–Crippen LogP) is 3.08. The van der Waals surface area contributed by atoms with E-state index in [1.165, 1.54) is 6.07 Å². The topological polar surface area (TPSA) is 43.1 Å². The first-order chi connectivity index (χ1) is 9.83. The molecule has 0 bridgehead atoms. The molecule has 0 fully saturated rings. The number of fused-ring (bicyclic) bond motifs is 3. The van der Waals surface area contributed by atoms with Crippen LogP contribution in [-0.2, 0) is 0 Å². The highest BCUT2D eigenvalue weighted by Crippen LogP contribution is 2.22. The Balaban J connectivity index is 2.04. The molecule has 0 unspecified atom stereocenters. The molecule has 20 heavy (non-hydrogen) atoms. The number of hydrogen-bond donors (Lipinski definition) is 0. The minimum absolute atomic E-state index is 0.333. The maximum Gasteiger partial charge on any atom is 0.185 e. The van der Waals surface area contributed by atoms with Crippen molar-refractivity contribution in [2.45, 2.75) is 0 Å². The Bertz CT molecular complexity index is 929. The van der Waals surface area contributed by atoms with Crippen LogP contribution in [0.25, 0.3) is 27.9 Å². The van der Waals surface area contributed by atoms with Gasteiger partial charge in [0.05, 0.1) is 11.1 Å². The summed E-state index contributed by atoms with van der Waals surface area (Å²) in [6.45, 7) is 0. The highest BCUT2D eigenvalue weighted by atomic mass is 19.1. The van der Waals surface area contributed by atoms with Gasteiger partial charge in [0.2, 0.25) is 0 Å². The van der Waals surface area contributed by atoms with Gasteiger partial charge in [-0.3, -0.25) is 0 Å². The van der Waals surface area contributed by atoms with Crippen molar-refractivity contribution in [2.75, 3.05) is 0 Å². The van der Waals surface area contributed by atoms with Crippen molar-refractivity contribution < 1.29 is 4.39 Å². The molecule has 5 heteroatoms. The van der Waals surface area contributed by atoms with Crippen LogP contribution in [0.4, 0.5) is 4.39 Å². The first-order valence-corrected chi connectivity index (χ1v) is 6.18. The fraction of sp³-hybridized carbons (Fsp3) is 0. The molecule has 0 N–H and O–H groups in total. The minimum atomic E-state index is -0.333. The number of benzene rings is 2. The first kappa shape index (κ1) is 11.0. The highest BCUT2D eigenvalue weighted by molar-refractivity contribution is 5.91. The molecule has 0 saturated carbocycles. The summed E-state index contributed by atoms with van der Waals surface area (Å²) < 4.78 is 15.4. The summed E-state index contributed by atoms with van der Waals surface area (Å²) in [4.78, 5) is 8.75. The number of rotatable bonds is 1. The molecule has 0 spiro atoms. The Morgan fingerprint density at radius 3 is 2.65 bits per heavy atom. The summed E-state index contributed by atoms with van der Waals surface area (Å²) >= 11 is 0. The van der Waals surface area contributed by atoms with Crippen LogP contribution in [0.2, 0.25) is 0 Å². The van der Waals surface area contributed by atoms with E-state index in [0.29, 0.717) is 17.0 Å². The van der Waals surface area contributed by atoms with Gasteiger partial charge in [0.1, 0.15) is 12.1 Å². The average Bonchev–Trinajstić information content (AvgIpc) is 2.92. The lowest BCUT2D eigenvalue weighted by atomic mass is 10.2. The fourth-order valence-corrected chi connectivity index (χ4v) is 2.24. The third-order valence-corrected chi connectivity index (χ3v) is 3.20. The second-order valence-corrected chi connectivity index (χ2v) is 4.45. The van der Waals surface area contributed by atoms with Crippen molar-refractivity contribution in [1.29, 1.82) is 0 Å². The molecule has 2 aromatic heterocycles. The monoisotopic (exact) mass is 264 g/mol.